The van der Waals surface area contributed by atoms with Crippen molar-refractivity contribution in [2.24, 2.45) is 10.9 Å². The van der Waals surface area contributed by atoms with Crippen molar-refractivity contribution in [3.05, 3.63) is 66.5 Å². The molecule has 152 valence electrons. The van der Waals surface area contributed by atoms with Gasteiger partial charge in [0, 0.05) is 18.7 Å². The molecule has 0 spiro atoms. The smallest absolute Gasteiger partial charge is 0.216 e. The number of anilines is 1. The van der Waals surface area contributed by atoms with E-state index >= 15 is 0 Å². The number of aliphatic imine (C=N–C) groups is 1. The van der Waals surface area contributed by atoms with Crippen molar-refractivity contribution < 1.29 is 0 Å². The average molecular weight is 400 g/mol. The van der Waals surface area contributed by atoms with Crippen LogP contribution in [-0.2, 0) is 6.54 Å². The fourth-order valence-electron chi connectivity index (χ4n) is 4.79. The minimum absolute atomic E-state index is 0.176. The molecule has 2 atom stereocenters. The van der Waals surface area contributed by atoms with Crippen LogP contribution < -0.4 is 10.2 Å². The Bertz CT molecular complexity index is 1120. The largest absolute Gasteiger partial charge is 0.335 e. The van der Waals surface area contributed by atoms with Crippen molar-refractivity contribution >= 4 is 22.9 Å². The van der Waals surface area contributed by atoms with Crippen LogP contribution in [-0.4, -0.2) is 38.7 Å². The number of nitrogens with one attached hydrogen (secondary N) is 1. The van der Waals surface area contributed by atoms with Crippen molar-refractivity contribution in [3.63, 3.8) is 0 Å². The zero-order valence-electron chi connectivity index (χ0n) is 16.9. The normalized spacial score (nSPS) is 23.6. The van der Waals surface area contributed by atoms with Gasteiger partial charge in [0.05, 0.1) is 30.1 Å². The van der Waals surface area contributed by atoms with E-state index in [2.05, 4.69) is 67.2 Å². The molecule has 2 aromatic heterocycles. The molecule has 7 heteroatoms. The first-order valence-electron chi connectivity index (χ1n) is 10.7. The Kier molecular flexibility index (Phi) is 4.27. The Labute approximate surface area is 175 Å². The Hall–Kier alpha value is -3.19. The molecule has 3 aliphatic rings. The van der Waals surface area contributed by atoms with Crippen molar-refractivity contribution in [1.82, 2.24) is 24.8 Å². The van der Waals surface area contributed by atoms with E-state index < -0.39 is 0 Å². The third-order valence-corrected chi connectivity index (χ3v) is 6.26. The number of nitrogens with zero attached hydrogens (tertiary/aromatic N) is 6. The predicted molar refractivity (Wildman–Crippen MR) is 118 cm³/mol. The number of pyridine rings is 1. The SMILES string of the molecule is C1=CC[C@@H]([C@H]2NC3=NCN(Cc4ccccn4)CN3c3nc4ccccc4n32)CC1. The van der Waals surface area contributed by atoms with E-state index in [4.69, 9.17) is 9.98 Å². The Morgan fingerprint density at radius 1 is 1.07 bits per heavy atom. The first-order valence-corrected chi connectivity index (χ1v) is 10.7. The second-order valence-corrected chi connectivity index (χ2v) is 8.25. The monoisotopic (exact) mass is 399 g/mol. The van der Waals surface area contributed by atoms with Crippen LogP contribution >= 0.6 is 0 Å². The summed E-state index contributed by atoms with van der Waals surface area (Å²) >= 11 is 0. The van der Waals surface area contributed by atoms with Crippen LogP contribution in [0.2, 0.25) is 0 Å². The Morgan fingerprint density at radius 2 is 2.00 bits per heavy atom. The van der Waals surface area contributed by atoms with Gasteiger partial charge < -0.3 is 5.32 Å². The first-order chi connectivity index (χ1) is 14.9. The zero-order valence-corrected chi connectivity index (χ0v) is 16.9. The summed E-state index contributed by atoms with van der Waals surface area (Å²) in [6.07, 6.45) is 10.0. The van der Waals surface area contributed by atoms with Gasteiger partial charge in [-0.15, -0.1) is 0 Å². The summed E-state index contributed by atoms with van der Waals surface area (Å²) in [5.74, 6) is 2.45. The van der Waals surface area contributed by atoms with Gasteiger partial charge in [-0.3, -0.25) is 19.4 Å². The molecule has 0 unspecified atom stereocenters. The molecule has 1 N–H and O–H groups in total. The minimum atomic E-state index is 0.176. The van der Waals surface area contributed by atoms with Crippen LogP contribution in [0.5, 0.6) is 0 Å². The Balaban J connectivity index is 1.38. The molecule has 0 fully saturated rings. The van der Waals surface area contributed by atoms with E-state index in [1.807, 2.05) is 18.3 Å². The molecule has 4 heterocycles. The van der Waals surface area contributed by atoms with Crippen molar-refractivity contribution in [3.8, 4) is 0 Å². The standard InChI is InChI=1S/C23H25N7/c1-2-8-17(9-3-1)21-27-22-25-15-28(14-18-10-6-7-13-24-18)16-29(22)23-26-19-11-4-5-12-20(19)30(21)23/h1-2,4-7,10-13,17,21H,3,8-9,14-16H2,(H,25,27)/t17-,21+/m1/s1. The third-order valence-electron chi connectivity index (χ3n) is 6.26. The van der Waals surface area contributed by atoms with Gasteiger partial charge in [-0.05, 0) is 43.5 Å². The van der Waals surface area contributed by atoms with Gasteiger partial charge in [-0.25, -0.2) is 9.98 Å². The molecule has 7 nitrogen and oxygen atoms in total. The fraction of sp³-hybridized carbons (Fsp3) is 0.348. The van der Waals surface area contributed by atoms with E-state index in [1.54, 1.807) is 0 Å². The van der Waals surface area contributed by atoms with Gasteiger partial charge in [-0.1, -0.05) is 30.4 Å². The van der Waals surface area contributed by atoms with E-state index in [1.165, 1.54) is 11.9 Å². The molecule has 0 bridgehead atoms. The van der Waals surface area contributed by atoms with Crippen LogP contribution in [0.3, 0.4) is 0 Å². The molecule has 3 aromatic rings. The molecule has 0 saturated heterocycles. The second-order valence-electron chi connectivity index (χ2n) is 8.25. The van der Waals surface area contributed by atoms with E-state index in [9.17, 15) is 0 Å². The van der Waals surface area contributed by atoms with Crippen LogP contribution in [0.25, 0.3) is 11.0 Å². The second kappa shape index (κ2) is 7.25. The van der Waals surface area contributed by atoms with Crippen molar-refractivity contribution in [2.75, 3.05) is 18.2 Å². The highest BCUT2D eigenvalue weighted by atomic mass is 15.5. The van der Waals surface area contributed by atoms with Gasteiger partial charge in [-0.2, -0.15) is 0 Å². The number of rotatable bonds is 3. The quantitative estimate of drug-likeness (QED) is 0.683. The number of benzene rings is 1. The van der Waals surface area contributed by atoms with Gasteiger partial charge in [0.1, 0.15) is 6.17 Å². The number of guanidine groups is 1. The lowest BCUT2D eigenvalue weighted by molar-refractivity contribution is 0.241. The summed E-state index contributed by atoms with van der Waals surface area (Å²) in [7, 11) is 0. The number of fused-ring (bicyclic) bond motifs is 5. The fourth-order valence-corrected chi connectivity index (χ4v) is 4.79. The van der Waals surface area contributed by atoms with E-state index in [0.717, 1.165) is 49.2 Å². The summed E-state index contributed by atoms with van der Waals surface area (Å²) in [6.45, 7) is 2.17. The van der Waals surface area contributed by atoms with E-state index in [-0.39, 0.29) is 6.17 Å². The molecular formula is C23H25N7. The molecule has 0 saturated carbocycles. The molecule has 2 aliphatic heterocycles. The maximum absolute atomic E-state index is 5.03. The molecular weight excluding hydrogens is 374 g/mol. The molecule has 6 rings (SSSR count). The van der Waals surface area contributed by atoms with Gasteiger partial charge in [0.2, 0.25) is 11.9 Å². The molecule has 1 aliphatic carbocycles. The number of allylic oxidation sites excluding steroid dienone is 2. The van der Waals surface area contributed by atoms with Crippen molar-refractivity contribution in [1.29, 1.82) is 0 Å². The van der Waals surface area contributed by atoms with Gasteiger partial charge >= 0.3 is 0 Å². The van der Waals surface area contributed by atoms with Gasteiger partial charge in [0.25, 0.3) is 0 Å². The summed E-state index contributed by atoms with van der Waals surface area (Å²) in [5, 5.41) is 3.77. The number of imidazole rings is 1. The van der Waals surface area contributed by atoms with Gasteiger partial charge in [0.15, 0.2) is 0 Å². The average Bonchev–Trinajstić information content (AvgIpc) is 3.20. The van der Waals surface area contributed by atoms with Crippen molar-refractivity contribution in [2.45, 2.75) is 32.0 Å². The molecule has 1 aromatic carbocycles. The highest BCUT2D eigenvalue weighted by Crippen LogP contribution is 2.37. The maximum Gasteiger partial charge on any atom is 0.216 e. The lowest BCUT2D eigenvalue weighted by Gasteiger charge is -2.44. The molecule has 30 heavy (non-hydrogen) atoms. The first kappa shape index (κ1) is 17.7. The van der Waals surface area contributed by atoms with Crippen LogP contribution in [0.4, 0.5) is 5.95 Å². The van der Waals surface area contributed by atoms with Crippen LogP contribution in [0.1, 0.15) is 31.1 Å². The summed E-state index contributed by atoms with van der Waals surface area (Å²) in [4.78, 5) is 18.9. The zero-order chi connectivity index (χ0) is 19.9. The van der Waals surface area contributed by atoms with E-state index in [0.29, 0.717) is 12.6 Å². The third kappa shape index (κ3) is 2.97. The van der Waals surface area contributed by atoms with Crippen LogP contribution in [0.15, 0.2) is 65.8 Å². The lowest BCUT2D eigenvalue weighted by Crippen LogP contribution is -2.58. The highest BCUT2D eigenvalue weighted by Gasteiger charge is 2.38. The summed E-state index contributed by atoms with van der Waals surface area (Å²) in [6, 6.07) is 14.5. The topological polar surface area (TPSA) is 61.6 Å². The lowest BCUT2D eigenvalue weighted by atomic mass is 9.91. The molecule has 0 radical (unpaired) electrons. The maximum atomic E-state index is 5.03. The number of hydrogen-bond acceptors (Lipinski definition) is 6. The van der Waals surface area contributed by atoms with Crippen LogP contribution in [0, 0.1) is 5.92 Å². The number of aromatic nitrogens is 3. The minimum Gasteiger partial charge on any atom is -0.335 e. The molecule has 0 amide bonds. The summed E-state index contributed by atoms with van der Waals surface area (Å²) < 4.78 is 2.39. The number of para-hydroxylation sites is 2. The number of hydrogen-bond donors (Lipinski definition) is 1. The predicted octanol–water partition coefficient (Wildman–Crippen LogP) is 3.48. The highest BCUT2D eigenvalue weighted by molar-refractivity contribution is 5.98. The summed E-state index contributed by atoms with van der Waals surface area (Å²) in [5.41, 5.74) is 3.27. The Morgan fingerprint density at radius 3 is 2.87 bits per heavy atom.